The quantitative estimate of drug-likeness (QED) is 0.674. The van der Waals surface area contributed by atoms with Gasteiger partial charge in [-0.25, -0.2) is 4.79 Å². The third-order valence-electron chi connectivity index (χ3n) is 7.31. The van der Waals surface area contributed by atoms with Crippen LogP contribution in [0, 0.1) is 11.8 Å². The monoisotopic (exact) mass is 448 g/mol. The number of carboxylic acid groups (broad SMARTS) is 1. The van der Waals surface area contributed by atoms with Crippen molar-refractivity contribution in [2.24, 2.45) is 11.8 Å². The number of carbonyl (C=O) groups excluding carboxylic acids is 2. The molecule has 0 aromatic heterocycles. The lowest BCUT2D eigenvalue weighted by molar-refractivity contribution is -0.153. The van der Waals surface area contributed by atoms with Gasteiger partial charge in [0.05, 0.1) is 17.9 Å². The Hall–Kier alpha value is -3.35. The highest BCUT2D eigenvalue weighted by atomic mass is 16.5. The standard InChI is InChI=1S/C26H28N2O5/c1-26(17-10-11-17,12-23(29)28-13-16(14-28)24(30)31)27-25(32)33-15-22-20-8-4-2-6-18(20)19-7-3-5-9-21(19)22/h2-9,16-17,22H,10-15H2,1H3,(H,27,32)(H,30,31). The Balaban J connectivity index is 1.22. The molecule has 7 heteroatoms. The maximum atomic E-state index is 12.8. The van der Waals surface area contributed by atoms with Gasteiger partial charge in [-0.05, 0) is 47.9 Å². The topological polar surface area (TPSA) is 95.9 Å². The summed E-state index contributed by atoms with van der Waals surface area (Å²) in [5.41, 5.74) is 3.94. The van der Waals surface area contributed by atoms with Crippen molar-refractivity contribution in [1.29, 1.82) is 0 Å². The van der Waals surface area contributed by atoms with Gasteiger partial charge in [0.15, 0.2) is 0 Å². The van der Waals surface area contributed by atoms with Crippen LogP contribution in [0.25, 0.3) is 11.1 Å². The maximum Gasteiger partial charge on any atom is 0.407 e. The molecule has 0 spiro atoms. The van der Waals surface area contributed by atoms with Crippen molar-refractivity contribution in [3.63, 3.8) is 0 Å². The van der Waals surface area contributed by atoms with Gasteiger partial charge < -0.3 is 20.1 Å². The van der Waals surface area contributed by atoms with Gasteiger partial charge in [0, 0.05) is 19.0 Å². The molecule has 2 aliphatic carbocycles. The number of carbonyl (C=O) groups is 3. The van der Waals surface area contributed by atoms with E-state index in [-0.39, 0.29) is 43.9 Å². The lowest BCUT2D eigenvalue weighted by Crippen LogP contribution is -2.57. The number of aliphatic carboxylic acids is 1. The molecule has 0 bridgehead atoms. The summed E-state index contributed by atoms with van der Waals surface area (Å²) in [5, 5.41) is 12.0. The molecule has 1 saturated carbocycles. The molecule has 172 valence electrons. The van der Waals surface area contributed by atoms with E-state index >= 15 is 0 Å². The molecule has 1 aliphatic heterocycles. The van der Waals surface area contributed by atoms with Gasteiger partial charge in [0.1, 0.15) is 6.61 Å². The largest absolute Gasteiger partial charge is 0.481 e. The van der Waals surface area contributed by atoms with Gasteiger partial charge >= 0.3 is 12.1 Å². The number of nitrogens with zero attached hydrogens (tertiary/aromatic N) is 1. The van der Waals surface area contributed by atoms with Gasteiger partial charge in [0.25, 0.3) is 0 Å². The second-order valence-corrected chi connectivity index (χ2v) is 9.65. The zero-order valence-corrected chi connectivity index (χ0v) is 18.6. The molecular formula is C26H28N2O5. The Morgan fingerprint density at radius 2 is 1.61 bits per heavy atom. The molecule has 1 atom stereocenters. The molecule has 2 fully saturated rings. The number of hydrogen-bond acceptors (Lipinski definition) is 4. The van der Waals surface area contributed by atoms with Crippen LogP contribution >= 0.6 is 0 Å². The van der Waals surface area contributed by atoms with Crippen LogP contribution in [0.1, 0.15) is 43.2 Å². The Morgan fingerprint density at radius 1 is 1.03 bits per heavy atom. The molecule has 1 unspecified atom stereocenters. The molecule has 33 heavy (non-hydrogen) atoms. The first-order valence-corrected chi connectivity index (χ1v) is 11.5. The van der Waals surface area contributed by atoms with Gasteiger partial charge in [0.2, 0.25) is 5.91 Å². The van der Waals surface area contributed by atoms with Gasteiger partial charge in [-0.2, -0.15) is 0 Å². The zero-order valence-electron chi connectivity index (χ0n) is 18.6. The molecule has 3 aliphatic rings. The number of rotatable bonds is 7. The fourth-order valence-corrected chi connectivity index (χ4v) is 5.14. The number of carboxylic acids is 1. The minimum Gasteiger partial charge on any atom is -0.481 e. The lowest BCUT2D eigenvalue weighted by Gasteiger charge is -2.39. The summed E-state index contributed by atoms with van der Waals surface area (Å²) >= 11 is 0. The summed E-state index contributed by atoms with van der Waals surface area (Å²) in [6, 6.07) is 16.4. The fourth-order valence-electron chi connectivity index (χ4n) is 5.14. The molecule has 5 rings (SSSR count). The van der Waals surface area contributed by atoms with Crippen molar-refractivity contribution >= 4 is 18.0 Å². The van der Waals surface area contributed by atoms with Crippen LogP contribution in [0.15, 0.2) is 48.5 Å². The van der Waals surface area contributed by atoms with Crippen LogP contribution in [-0.4, -0.2) is 53.2 Å². The molecule has 2 amide bonds. The van der Waals surface area contributed by atoms with Crippen molar-refractivity contribution < 1.29 is 24.2 Å². The highest BCUT2D eigenvalue weighted by Gasteiger charge is 2.46. The number of likely N-dealkylation sites (tertiary alicyclic amines) is 1. The summed E-state index contributed by atoms with van der Waals surface area (Å²) in [4.78, 5) is 38.1. The minimum atomic E-state index is -0.874. The van der Waals surface area contributed by atoms with E-state index in [1.54, 1.807) is 4.90 Å². The first kappa shape index (κ1) is 21.5. The predicted octanol–water partition coefficient (Wildman–Crippen LogP) is 3.63. The average molecular weight is 449 g/mol. The summed E-state index contributed by atoms with van der Waals surface area (Å²) in [7, 11) is 0. The van der Waals surface area contributed by atoms with E-state index in [1.807, 2.05) is 31.2 Å². The molecular weight excluding hydrogens is 420 g/mol. The van der Waals surface area contributed by atoms with Crippen LogP contribution in [0.4, 0.5) is 4.79 Å². The van der Waals surface area contributed by atoms with Crippen molar-refractivity contribution in [2.75, 3.05) is 19.7 Å². The SMILES string of the molecule is CC(CC(=O)N1CC(C(=O)O)C1)(NC(=O)OCC1c2ccccc2-c2ccccc21)C1CC1. The normalized spacial score (nSPS) is 19.1. The van der Waals surface area contributed by atoms with Crippen LogP contribution < -0.4 is 5.32 Å². The number of amides is 2. The van der Waals surface area contributed by atoms with Crippen molar-refractivity contribution in [2.45, 2.75) is 37.6 Å². The number of fused-ring (bicyclic) bond motifs is 3. The molecule has 2 aromatic carbocycles. The Morgan fingerprint density at radius 3 is 2.15 bits per heavy atom. The molecule has 1 heterocycles. The molecule has 2 N–H and O–H groups in total. The van der Waals surface area contributed by atoms with Crippen LogP contribution in [0.5, 0.6) is 0 Å². The number of benzene rings is 2. The van der Waals surface area contributed by atoms with Crippen molar-refractivity contribution in [3.05, 3.63) is 59.7 Å². The average Bonchev–Trinajstić information content (AvgIpc) is 3.55. The second-order valence-electron chi connectivity index (χ2n) is 9.65. The Kier molecular flexibility index (Phi) is 5.35. The van der Waals surface area contributed by atoms with Gasteiger partial charge in [-0.3, -0.25) is 9.59 Å². The highest BCUT2D eigenvalue weighted by Crippen LogP contribution is 2.45. The number of alkyl carbamates (subject to hydrolysis) is 1. The van der Waals surface area contributed by atoms with Crippen LogP contribution in [-0.2, 0) is 14.3 Å². The zero-order chi connectivity index (χ0) is 23.2. The summed E-state index contributed by atoms with van der Waals surface area (Å²) in [6.07, 6.45) is 1.52. The molecule has 1 saturated heterocycles. The summed E-state index contributed by atoms with van der Waals surface area (Å²) in [6.45, 7) is 2.58. The van der Waals surface area contributed by atoms with Gasteiger partial charge in [-0.15, -0.1) is 0 Å². The molecule has 7 nitrogen and oxygen atoms in total. The fraction of sp³-hybridized carbons (Fsp3) is 0.423. The smallest absolute Gasteiger partial charge is 0.407 e. The van der Waals surface area contributed by atoms with E-state index in [0.29, 0.717) is 0 Å². The number of hydrogen-bond donors (Lipinski definition) is 2. The van der Waals surface area contributed by atoms with Crippen molar-refractivity contribution in [3.8, 4) is 11.1 Å². The first-order chi connectivity index (χ1) is 15.9. The second kappa shape index (κ2) is 8.21. The van der Waals surface area contributed by atoms with E-state index in [9.17, 15) is 14.4 Å². The van der Waals surface area contributed by atoms with E-state index in [0.717, 1.165) is 24.0 Å². The third kappa shape index (κ3) is 4.08. The lowest BCUT2D eigenvalue weighted by atomic mass is 9.89. The predicted molar refractivity (Wildman–Crippen MR) is 122 cm³/mol. The third-order valence-corrected chi connectivity index (χ3v) is 7.31. The van der Waals surface area contributed by atoms with E-state index < -0.39 is 23.5 Å². The minimum absolute atomic E-state index is 0.0222. The molecule has 0 radical (unpaired) electrons. The summed E-state index contributed by atoms with van der Waals surface area (Å²) < 4.78 is 5.69. The van der Waals surface area contributed by atoms with Gasteiger partial charge in [-0.1, -0.05) is 48.5 Å². The number of nitrogens with one attached hydrogen (secondary N) is 1. The van der Waals surface area contributed by atoms with Crippen LogP contribution in [0.2, 0.25) is 0 Å². The number of ether oxygens (including phenoxy) is 1. The van der Waals surface area contributed by atoms with E-state index in [1.165, 1.54) is 11.1 Å². The van der Waals surface area contributed by atoms with E-state index in [4.69, 9.17) is 9.84 Å². The van der Waals surface area contributed by atoms with Crippen molar-refractivity contribution in [1.82, 2.24) is 10.2 Å². The summed E-state index contributed by atoms with van der Waals surface area (Å²) in [5.74, 6) is -1.29. The highest BCUT2D eigenvalue weighted by molar-refractivity contribution is 5.83. The van der Waals surface area contributed by atoms with E-state index in [2.05, 4.69) is 29.6 Å². The Bertz CT molecular complexity index is 1060. The first-order valence-electron chi connectivity index (χ1n) is 11.5. The molecule has 2 aromatic rings. The van der Waals surface area contributed by atoms with Crippen LogP contribution in [0.3, 0.4) is 0 Å². The maximum absolute atomic E-state index is 12.8. The Labute approximate surface area is 192 Å².